The number of rotatable bonds is 3. The fraction of sp³-hybridized carbons (Fsp3) is 0.0323. The summed E-state index contributed by atoms with van der Waals surface area (Å²) in [6, 6.07) is 37.4. The summed E-state index contributed by atoms with van der Waals surface area (Å²) < 4.78 is 0. The molecule has 0 aliphatic carbocycles. The van der Waals surface area contributed by atoms with Gasteiger partial charge >= 0.3 is 0 Å². The van der Waals surface area contributed by atoms with Crippen LogP contribution in [0.4, 0.5) is 5.69 Å². The van der Waals surface area contributed by atoms with Gasteiger partial charge in [0.25, 0.3) is 0 Å². The number of pyridine rings is 2. The van der Waals surface area contributed by atoms with Crippen LogP contribution in [0.5, 0.6) is 0 Å². The van der Waals surface area contributed by atoms with Crippen LogP contribution in [-0.2, 0) is 20.1 Å². The van der Waals surface area contributed by atoms with E-state index in [9.17, 15) is 0 Å². The van der Waals surface area contributed by atoms with Crippen LogP contribution >= 0.6 is 0 Å². The Kier molecular flexibility index (Phi) is 9.38. The van der Waals surface area contributed by atoms with Gasteiger partial charge < -0.3 is 9.97 Å². The van der Waals surface area contributed by atoms with E-state index >= 15 is 0 Å². The number of aromatic nitrogens is 2. The van der Waals surface area contributed by atoms with Crippen molar-refractivity contribution in [1.82, 2.24) is 9.97 Å². The van der Waals surface area contributed by atoms with Crippen LogP contribution in [0.15, 0.2) is 103 Å². The van der Waals surface area contributed by atoms with Gasteiger partial charge in [-0.15, -0.1) is 59.7 Å². The quantitative estimate of drug-likeness (QED) is 0.192. The van der Waals surface area contributed by atoms with Gasteiger partial charge in [-0.1, -0.05) is 54.6 Å². The average Bonchev–Trinajstić information content (AvgIpc) is 2.94. The Morgan fingerprint density at radius 1 is 0.806 bits per heavy atom. The maximum absolute atomic E-state index is 9.02. The molecule has 0 atom stereocenters. The second kappa shape index (κ2) is 12.9. The molecule has 0 aliphatic rings. The van der Waals surface area contributed by atoms with Gasteiger partial charge in [0.2, 0.25) is 0 Å². The first-order valence-electron chi connectivity index (χ1n) is 10.9. The van der Waals surface area contributed by atoms with Crippen LogP contribution < -0.4 is 0 Å². The topological polar surface area (TPSA) is 53.9 Å². The SMILES string of the molecule is [C-]#[N+]c1[c-]c(-c2ccc(C)cn2)c(C#N)cc1.[Ir].[c-]1ccccc1-c1ccc(-c2ccccc2)cn1. The monoisotopic (exact) mass is 641 g/mol. The average molecular weight is 641 g/mol. The molecule has 0 unspecified atom stereocenters. The summed E-state index contributed by atoms with van der Waals surface area (Å²) in [6.07, 6.45) is 3.64. The van der Waals surface area contributed by atoms with E-state index in [4.69, 9.17) is 11.8 Å². The van der Waals surface area contributed by atoms with Gasteiger partial charge in [-0.2, -0.15) is 0 Å². The Morgan fingerprint density at radius 3 is 2.17 bits per heavy atom. The van der Waals surface area contributed by atoms with Crippen molar-refractivity contribution in [2.75, 3.05) is 0 Å². The Labute approximate surface area is 225 Å². The van der Waals surface area contributed by atoms with Crippen LogP contribution in [0.2, 0.25) is 0 Å². The van der Waals surface area contributed by atoms with Gasteiger partial charge in [-0.25, -0.2) is 5.26 Å². The molecule has 175 valence electrons. The van der Waals surface area contributed by atoms with E-state index in [0.29, 0.717) is 22.5 Å². The van der Waals surface area contributed by atoms with E-state index in [0.717, 1.165) is 22.4 Å². The largest absolute Gasteiger partial charge is 0.304 e. The van der Waals surface area contributed by atoms with Gasteiger partial charge in [0.05, 0.1) is 6.57 Å². The second-order valence-corrected chi connectivity index (χ2v) is 7.65. The van der Waals surface area contributed by atoms with E-state index < -0.39 is 0 Å². The summed E-state index contributed by atoms with van der Waals surface area (Å²) in [7, 11) is 0. The molecule has 5 heteroatoms. The number of nitrogens with zero attached hydrogens (tertiary/aromatic N) is 4. The molecule has 2 heterocycles. The Morgan fingerprint density at radius 2 is 1.56 bits per heavy atom. The number of hydrogen-bond donors (Lipinski definition) is 0. The number of aryl methyl sites for hydroxylation is 1. The third kappa shape index (κ3) is 6.59. The third-order valence-corrected chi connectivity index (χ3v) is 5.19. The fourth-order valence-corrected chi connectivity index (χ4v) is 3.37. The molecule has 5 aromatic rings. The molecule has 3 aromatic carbocycles. The van der Waals surface area contributed by atoms with Gasteiger partial charge in [-0.05, 0) is 40.6 Å². The maximum Gasteiger partial charge on any atom is 0.106 e. The van der Waals surface area contributed by atoms with Crippen molar-refractivity contribution in [1.29, 1.82) is 5.26 Å². The molecule has 0 spiro atoms. The molecule has 0 bridgehead atoms. The number of nitriles is 1. The molecule has 4 nitrogen and oxygen atoms in total. The Balaban J connectivity index is 0.000000196. The van der Waals surface area contributed by atoms with E-state index in [1.54, 1.807) is 18.3 Å². The maximum atomic E-state index is 9.02. The fourth-order valence-electron chi connectivity index (χ4n) is 3.37. The molecule has 36 heavy (non-hydrogen) atoms. The summed E-state index contributed by atoms with van der Waals surface area (Å²) in [4.78, 5) is 12.0. The first-order valence-corrected chi connectivity index (χ1v) is 10.9. The Hall–Kier alpha value is -4.41. The molecule has 0 fully saturated rings. The van der Waals surface area contributed by atoms with Crippen LogP contribution in [-0.4, -0.2) is 9.97 Å². The summed E-state index contributed by atoms with van der Waals surface area (Å²) in [5, 5.41) is 9.02. The van der Waals surface area contributed by atoms with Crippen LogP contribution in [0.3, 0.4) is 0 Å². The molecule has 1 radical (unpaired) electrons. The third-order valence-electron chi connectivity index (χ3n) is 5.19. The molecule has 0 N–H and O–H groups in total. The van der Waals surface area contributed by atoms with Crippen molar-refractivity contribution in [2.24, 2.45) is 0 Å². The first-order chi connectivity index (χ1) is 17.2. The molecule has 0 aliphatic heterocycles. The summed E-state index contributed by atoms with van der Waals surface area (Å²) >= 11 is 0. The van der Waals surface area contributed by atoms with Crippen LogP contribution in [0.1, 0.15) is 11.1 Å². The van der Waals surface area contributed by atoms with E-state index in [-0.39, 0.29) is 20.1 Å². The molecule has 2 aromatic heterocycles. The Bertz CT molecular complexity index is 1430. The van der Waals surface area contributed by atoms with Crippen LogP contribution in [0, 0.1) is 37.0 Å². The van der Waals surface area contributed by atoms with Crippen molar-refractivity contribution in [3.8, 4) is 39.7 Å². The standard InChI is InChI=1S/C17H12N.C14H8N3.Ir/c1-3-7-14(8-4-1)16-11-12-17(18-13-16)15-9-5-2-6-10-15;1-10-3-6-14(17-9-10)13-7-12(16-2)5-4-11(13)8-15;/h1-9,11-13H;3-6,9H,1H3;/q2*-1;. The number of hydrogen-bond acceptors (Lipinski definition) is 3. The van der Waals surface area contributed by atoms with Crippen molar-refractivity contribution in [2.45, 2.75) is 6.92 Å². The normalized spacial score (nSPS) is 9.53. The van der Waals surface area contributed by atoms with E-state index in [1.807, 2.05) is 73.8 Å². The van der Waals surface area contributed by atoms with Gasteiger partial charge in [0, 0.05) is 38.6 Å². The molecule has 5 rings (SSSR count). The minimum atomic E-state index is 0. The van der Waals surface area contributed by atoms with Crippen molar-refractivity contribution in [3.63, 3.8) is 0 Å². The van der Waals surface area contributed by atoms with E-state index in [1.165, 1.54) is 5.56 Å². The summed E-state index contributed by atoms with van der Waals surface area (Å²) in [5.74, 6) is 0. The minimum Gasteiger partial charge on any atom is -0.304 e. The summed E-state index contributed by atoms with van der Waals surface area (Å²) in [6.45, 7) is 8.90. The summed E-state index contributed by atoms with van der Waals surface area (Å²) in [5.41, 5.74) is 7.47. The van der Waals surface area contributed by atoms with Gasteiger partial charge in [-0.3, -0.25) is 4.85 Å². The predicted octanol–water partition coefficient (Wildman–Crippen LogP) is 7.49. The van der Waals surface area contributed by atoms with Crippen LogP contribution in [0.25, 0.3) is 38.5 Å². The number of benzene rings is 3. The zero-order valence-electron chi connectivity index (χ0n) is 19.4. The molecule has 0 saturated carbocycles. The molecular weight excluding hydrogens is 621 g/mol. The molecule has 0 saturated heterocycles. The van der Waals surface area contributed by atoms with Crippen molar-refractivity contribution in [3.05, 3.63) is 138 Å². The first kappa shape index (κ1) is 26.2. The van der Waals surface area contributed by atoms with Gasteiger partial charge in [0.15, 0.2) is 0 Å². The van der Waals surface area contributed by atoms with Gasteiger partial charge in [0.1, 0.15) is 5.69 Å². The van der Waals surface area contributed by atoms with Crippen molar-refractivity contribution < 1.29 is 20.1 Å². The van der Waals surface area contributed by atoms with E-state index in [2.05, 4.69) is 51.2 Å². The predicted molar refractivity (Wildman–Crippen MR) is 138 cm³/mol. The molecule has 0 amide bonds. The smallest absolute Gasteiger partial charge is 0.106 e. The second-order valence-electron chi connectivity index (χ2n) is 7.65. The zero-order valence-corrected chi connectivity index (χ0v) is 21.8. The molecular formula is C31H20IrN4-2. The zero-order chi connectivity index (χ0) is 24.5. The van der Waals surface area contributed by atoms with Crippen molar-refractivity contribution >= 4 is 5.69 Å². The minimum absolute atomic E-state index is 0.